The van der Waals surface area contributed by atoms with Crippen molar-refractivity contribution in [1.82, 2.24) is 15.1 Å². The molecule has 1 N–H and O–H groups in total. The molecule has 0 radical (unpaired) electrons. The Morgan fingerprint density at radius 3 is 2.42 bits per heavy atom. The number of hydrogen-bond donors (Lipinski definition) is 1. The summed E-state index contributed by atoms with van der Waals surface area (Å²) >= 11 is 0. The van der Waals surface area contributed by atoms with Gasteiger partial charge in [0.2, 0.25) is 5.91 Å². The quantitative estimate of drug-likeness (QED) is 0.752. The van der Waals surface area contributed by atoms with Gasteiger partial charge in [-0.25, -0.2) is 0 Å². The number of piperidine rings is 1. The number of hydrogen-bond acceptors (Lipinski definition) is 3. The molecule has 1 aliphatic heterocycles. The van der Waals surface area contributed by atoms with E-state index in [-0.39, 0.29) is 5.91 Å². The van der Waals surface area contributed by atoms with Crippen molar-refractivity contribution in [3.8, 4) is 0 Å². The molecule has 0 unspecified atom stereocenters. The Morgan fingerprint density at radius 1 is 1.16 bits per heavy atom. The first kappa shape index (κ1) is 14.8. The first-order valence-electron chi connectivity index (χ1n) is 7.77. The normalized spacial score (nSPS) is 21.8. The molecule has 1 saturated heterocycles. The van der Waals surface area contributed by atoms with Crippen molar-refractivity contribution in [3.63, 3.8) is 0 Å². The second kappa shape index (κ2) is 7.25. The Labute approximate surface area is 117 Å². The predicted octanol–water partition coefficient (Wildman–Crippen LogP) is 1.18. The molecule has 2 fully saturated rings. The Bertz CT molecular complexity index is 281. The van der Waals surface area contributed by atoms with Crippen LogP contribution >= 0.6 is 0 Å². The monoisotopic (exact) mass is 267 g/mol. The average Bonchev–Trinajstić information content (AvgIpc) is 3.19. The summed E-state index contributed by atoms with van der Waals surface area (Å²) < 4.78 is 0. The van der Waals surface area contributed by atoms with Crippen LogP contribution in [0.2, 0.25) is 0 Å². The first-order valence-corrected chi connectivity index (χ1v) is 7.77. The molecule has 4 nitrogen and oxygen atoms in total. The molecule has 1 amide bonds. The van der Waals surface area contributed by atoms with Crippen LogP contribution in [0.3, 0.4) is 0 Å². The van der Waals surface area contributed by atoms with Crippen molar-refractivity contribution in [3.05, 3.63) is 0 Å². The van der Waals surface area contributed by atoms with E-state index < -0.39 is 0 Å². The molecule has 1 heterocycles. The highest BCUT2D eigenvalue weighted by Gasteiger charge is 2.23. The van der Waals surface area contributed by atoms with Gasteiger partial charge in [-0.3, -0.25) is 9.69 Å². The Morgan fingerprint density at radius 2 is 1.84 bits per heavy atom. The van der Waals surface area contributed by atoms with E-state index in [1.165, 1.54) is 38.6 Å². The predicted molar refractivity (Wildman–Crippen MR) is 78.1 cm³/mol. The molecule has 0 aromatic carbocycles. The summed E-state index contributed by atoms with van der Waals surface area (Å²) in [6.07, 6.45) is 6.41. The Hall–Kier alpha value is -0.610. The number of carbonyl (C=O) groups is 1. The van der Waals surface area contributed by atoms with Crippen molar-refractivity contribution in [1.29, 1.82) is 0 Å². The van der Waals surface area contributed by atoms with Gasteiger partial charge in [0.05, 0.1) is 6.54 Å². The van der Waals surface area contributed by atoms with Gasteiger partial charge in [0, 0.05) is 6.54 Å². The number of carbonyl (C=O) groups excluding carboxylic acids is 1. The molecule has 0 atom stereocenters. The molecule has 2 aliphatic rings. The topological polar surface area (TPSA) is 35.6 Å². The van der Waals surface area contributed by atoms with Crippen LogP contribution in [0.5, 0.6) is 0 Å². The molecule has 2 rings (SSSR count). The van der Waals surface area contributed by atoms with E-state index in [4.69, 9.17) is 0 Å². The standard InChI is InChI=1S/C15H29N3O/c1-17(2)8-5-13-6-9-18(10-7-13)12-15(19)16-11-14-3-4-14/h13-14H,3-12H2,1-2H3,(H,16,19). The van der Waals surface area contributed by atoms with Crippen LogP contribution in [0.1, 0.15) is 32.1 Å². The average molecular weight is 267 g/mol. The van der Waals surface area contributed by atoms with Crippen LogP contribution < -0.4 is 5.32 Å². The minimum atomic E-state index is 0.221. The van der Waals surface area contributed by atoms with E-state index in [2.05, 4.69) is 29.2 Å². The third kappa shape index (κ3) is 5.91. The maximum atomic E-state index is 11.8. The molecule has 1 saturated carbocycles. The van der Waals surface area contributed by atoms with Crippen molar-refractivity contribution < 1.29 is 4.79 Å². The van der Waals surface area contributed by atoms with E-state index in [1.54, 1.807) is 0 Å². The van der Waals surface area contributed by atoms with Crippen molar-refractivity contribution in [2.24, 2.45) is 11.8 Å². The maximum absolute atomic E-state index is 11.8. The summed E-state index contributed by atoms with van der Waals surface area (Å²) in [5.41, 5.74) is 0. The Kier molecular flexibility index (Phi) is 5.64. The summed E-state index contributed by atoms with van der Waals surface area (Å²) in [6.45, 7) is 4.88. The molecular formula is C15H29N3O. The van der Waals surface area contributed by atoms with Gasteiger partial charge in [-0.05, 0) is 77.7 Å². The molecular weight excluding hydrogens is 238 g/mol. The zero-order valence-corrected chi connectivity index (χ0v) is 12.5. The lowest BCUT2D eigenvalue weighted by molar-refractivity contribution is -0.122. The van der Waals surface area contributed by atoms with Crippen LogP contribution in [-0.2, 0) is 4.79 Å². The fourth-order valence-corrected chi connectivity index (χ4v) is 2.71. The fourth-order valence-electron chi connectivity index (χ4n) is 2.71. The van der Waals surface area contributed by atoms with Crippen LogP contribution in [0.25, 0.3) is 0 Å². The van der Waals surface area contributed by atoms with E-state index in [1.807, 2.05) is 0 Å². The van der Waals surface area contributed by atoms with Crippen LogP contribution in [0, 0.1) is 11.8 Å². The summed E-state index contributed by atoms with van der Waals surface area (Å²) in [5.74, 6) is 1.85. The third-order valence-corrected chi connectivity index (χ3v) is 4.34. The van der Waals surface area contributed by atoms with Gasteiger partial charge in [-0.2, -0.15) is 0 Å². The van der Waals surface area contributed by atoms with E-state index in [0.29, 0.717) is 6.54 Å². The van der Waals surface area contributed by atoms with Crippen molar-refractivity contribution in [2.45, 2.75) is 32.1 Å². The van der Waals surface area contributed by atoms with Gasteiger partial charge < -0.3 is 10.2 Å². The largest absolute Gasteiger partial charge is 0.355 e. The summed E-state index contributed by atoms with van der Waals surface area (Å²) in [4.78, 5) is 16.4. The number of nitrogens with zero attached hydrogens (tertiary/aromatic N) is 2. The second-order valence-electron chi connectivity index (χ2n) is 6.56. The molecule has 0 bridgehead atoms. The molecule has 110 valence electrons. The first-order chi connectivity index (χ1) is 9.13. The number of nitrogens with one attached hydrogen (secondary N) is 1. The SMILES string of the molecule is CN(C)CCC1CCN(CC(=O)NCC2CC2)CC1. The fraction of sp³-hybridized carbons (Fsp3) is 0.933. The van der Waals surface area contributed by atoms with Crippen LogP contribution in [-0.4, -0.2) is 62.5 Å². The lowest BCUT2D eigenvalue weighted by Crippen LogP contribution is -2.42. The second-order valence-corrected chi connectivity index (χ2v) is 6.56. The molecule has 0 aromatic heterocycles. The van der Waals surface area contributed by atoms with Gasteiger partial charge >= 0.3 is 0 Å². The lowest BCUT2D eigenvalue weighted by atomic mass is 9.93. The zero-order valence-electron chi connectivity index (χ0n) is 12.5. The van der Waals surface area contributed by atoms with Crippen LogP contribution in [0.15, 0.2) is 0 Å². The highest BCUT2D eigenvalue weighted by molar-refractivity contribution is 5.78. The minimum absolute atomic E-state index is 0.221. The van der Waals surface area contributed by atoms with Gasteiger partial charge in [0.15, 0.2) is 0 Å². The van der Waals surface area contributed by atoms with E-state index >= 15 is 0 Å². The molecule has 0 aromatic rings. The summed E-state index contributed by atoms with van der Waals surface area (Å²) in [7, 11) is 4.28. The van der Waals surface area contributed by atoms with E-state index in [9.17, 15) is 4.79 Å². The summed E-state index contributed by atoms with van der Waals surface area (Å²) in [5, 5.41) is 3.06. The van der Waals surface area contributed by atoms with Crippen molar-refractivity contribution >= 4 is 5.91 Å². The van der Waals surface area contributed by atoms with Gasteiger partial charge in [0.25, 0.3) is 0 Å². The zero-order chi connectivity index (χ0) is 13.7. The smallest absolute Gasteiger partial charge is 0.234 e. The lowest BCUT2D eigenvalue weighted by Gasteiger charge is -2.31. The maximum Gasteiger partial charge on any atom is 0.234 e. The van der Waals surface area contributed by atoms with Gasteiger partial charge in [-0.1, -0.05) is 0 Å². The third-order valence-electron chi connectivity index (χ3n) is 4.34. The number of amides is 1. The van der Waals surface area contributed by atoms with E-state index in [0.717, 1.165) is 31.5 Å². The molecule has 1 aliphatic carbocycles. The van der Waals surface area contributed by atoms with Crippen LogP contribution in [0.4, 0.5) is 0 Å². The Balaban J connectivity index is 1.55. The highest BCUT2D eigenvalue weighted by Crippen LogP contribution is 2.27. The number of rotatable bonds is 7. The van der Waals surface area contributed by atoms with Gasteiger partial charge in [-0.15, -0.1) is 0 Å². The number of likely N-dealkylation sites (tertiary alicyclic amines) is 1. The highest BCUT2D eigenvalue weighted by atomic mass is 16.2. The molecule has 19 heavy (non-hydrogen) atoms. The summed E-state index contributed by atoms with van der Waals surface area (Å²) in [6, 6.07) is 0. The van der Waals surface area contributed by atoms with Gasteiger partial charge in [0.1, 0.15) is 0 Å². The molecule has 0 spiro atoms. The minimum Gasteiger partial charge on any atom is -0.355 e. The van der Waals surface area contributed by atoms with Crippen molar-refractivity contribution in [2.75, 3.05) is 46.8 Å². The molecule has 4 heteroatoms.